The van der Waals surface area contributed by atoms with Gasteiger partial charge in [0, 0.05) is 17.7 Å². The van der Waals surface area contributed by atoms with Crippen molar-refractivity contribution in [1.29, 1.82) is 0 Å². The monoisotopic (exact) mass is 194 g/mol. The lowest BCUT2D eigenvalue weighted by Gasteiger charge is -2.29. The third-order valence-electron chi connectivity index (χ3n) is 2.50. The minimum atomic E-state index is 0.391. The van der Waals surface area contributed by atoms with Gasteiger partial charge < -0.3 is 14.8 Å². The van der Waals surface area contributed by atoms with Gasteiger partial charge in [0.2, 0.25) is 5.88 Å². The summed E-state index contributed by atoms with van der Waals surface area (Å²) in [6, 6.07) is 2.32. The third-order valence-corrected chi connectivity index (χ3v) is 2.50. The molecule has 1 N–H and O–H groups in total. The summed E-state index contributed by atoms with van der Waals surface area (Å²) >= 11 is 0. The molecule has 14 heavy (non-hydrogen) atoms. The number of methoxy groups -OCH3 is 2. The smallest absolute Gasteiger partial charge is 0.213 e. The molecule has 2 rings (SSSR count). The fourth-order valence-corrected chi connectivity index (χ4v) is 1.55. The SMILES string of the molecule is COc1cc(C2CCN2)c(OC)cn1. The van der Waals surface area contributed by atoms with E-state index in [1.165, 1.54) is 0 Å². The molecule has 0 aromatic carbocycles. The Morgan fingerprint density at radius 3 is 2.71 bits per heavy atom. The maximum Gasteiger partial charge on any atom is 0.213 e. The predicted octanol–water partition coefficient (Wildman–Crippen LogP) is 1.13. The van der Waals surface area contributed by atoms with Gasteiger partial charge in [-0.2, -0.15) is 0 Å². The quantitative estimate of drug-likeness (QED) is 0.783. The highest BCUT2D eigenvalue weighted by Crippen LogP contribution is 2.32. The Hall–Kier alpha value is -1.29. The highest BCUT2D eigenvalue weighted by molar-refractivity contribution is 5.38. The van der Waals surface area contributed by atoms with Gasteiger partial charge in [-0.25, -0.2) is 4.98 Å². The standard InChI is InChI=1S/C10H14N2O2/c1-13-9-6-12-10(14-2)5-7(9)8-3-4-11-8/h5-6,8,11H,3-4H2,1-2H3. The number of hydrogen-bond acceptors (Lipinski definition) is 4. The Labute approximate surface area is 83.2 Å². The fraction of sp³-hybridized carbons (Fsp3) is 0.500. The van der Waals surface area contributed by atoms with E-state index in [1.807, 2.05) is 6.07 Å². The first-order chi connectivity index (χ1) is 6.85. The van der Waals surface area contributed by atoms with E-state index in [9.17, 15) is 0 Å². The summed E-state index contributed by atoms with van der Waals surface area (Å²) in [5.41, 5.74) is 1.13. The molecule has 1 aromatic rings. The third kappa shape index (κ3) is 1.53. The molecule has 4 nitrogen and oxygen atoms in total. The highest BCUT2D eigenvalue weighted by atomic mass is 16.5. The number of aromatic nitrogens is 1. The van der Waals surface area contributed by atoms with Gasteiger partial charge >= 0.3 is 0 Å². The van der Waals surface area contributed by atoms with E-state index in [1.54, 1.807) is 20.4 Å². The molecule has 0 aliphatic carbocycles. The number of pyridine rings is 1. The zero-order chi connectivity index (χ0) is 9.97. The molecule has 0 bridgehead atoms. The van der Waals surface area contributed by atoms with Crippen molar-refractivity contribution in [1.82, 2.24) is 10.3 Å². The summed E-state index contributed by atoms with van der Waals surface area (Å²) in [5, 5.41) is 3.32. The largest absolute Gasteiger partial charge is 0.495 e. The van der Waals surface area contributed by atoms with Crippen molar-refractivity contribution in [2.45, 2.75) is 12.5 Å². The molecule has 1 saturated heterocycles. The van der Waals surface area contributed by atoms with Gasteiger partial charge in [-0.15, -0.1) is 0 Å². The Balaban J connectivity index is 2.31. The topological polar surface area (TPSA) is 43.4 Å². The number of hydrogen-bond donors (Lipinski definition) is 1. The minimum Gasteiger partial charge on any atom is -0.495 e. The van der Waals surface area contributed by atoms with Gasteiger partial charge in [-0.1, -0.05) is 0 Å². The molecule has 1 fully saturated rings. The number of ether oxygens (including phenoxy) is 2. The van der Waals surface area contributed by atoms with Crippen molar-refractivity contribution in [3.63, 3.8) is 0 Å². The predicted molar refractivity (Wildman–Crippen MR) is 52.7 cm³/mol. The van der Waals surface area contributed by atoms with Crippen LogP contribution < -0.4 is 14.8 Å². The van der Waals surface area contributed by atoms with Crippen LogP contribution in [0.3, 0.4) is 0 Å². The first-order valence-electron chi connectivity index (χ1n) is 4.66. The summed E-state index contributed by atoms with van der Waals surface area (Å²) in [7, 11) is 3.28. The van der Waals surface area contributed by atoms with Crippen LogP contribution in [0.2, 0.25) is 0 Å². The maximum absolute atomic E-state index is 5.24. The van der Waals surface area contributed by atoms with Gasteiger partial charge in [-0.3, -0.25) is 0 Å². The van der Waals surface area contributed by atoms with Crippen molar-refractivity contribution < 1.29 is 9.47 Å². The summed E-state index contributed by atoms with van der Waals surface area (Å²) in [6.07, 6.45) is 2.84. The second-order valence-corrected chi connectivity index (χ2v) is 3.26. The minimum absolute atomic E-state index is 0.391. The molecular formula is C10H14N2O2. The van der Waals surface area contributed by atoms with Crippen LogP contribution >= 0.6 is 0 Å². The van der Waals surface area contributed by atoms with Gasteiger partial charge in [0.1, 0.15) is 5.75 Å². The van der Waals surface area contributed by atoms with Crippen molar-refractivity contribution in [3.05, 3.63) is 17.8 Å². The summed E-state index contributed by atoms with van der Waals surface area (Å²) < 4.78 is 10.3. The average molecular weight is 194 g/mol. The van der Waals surface area contributed by atoms with Crippen molar-refractivity contribution >= 4 is 0 Å². The van der Waals surface area contributed by atoms with Gasteiger partial charge in [-0.05, 0) is 13.0 Å². The van der Waals surface area contributed by atoms with Crippen LogP contribution in [0.15, 0.2) is 12.3 Å². The average Bonchev–Trinajstić information content (AvgIpc) is 2.15. The second-order valence-electron chi connectivity index (χ2n) is 3.26. The van der Waals surface area contributed by atoms with Crippen LogP contribution in [0, 0.1) is 0 Å². The lowest BCUT2D eigenvalue weighted by molar-refractivity contribution is 0.344. The zero-order valence-electron chi connectivity index (χ0n) is 8.41. The number of rotatable bonds is 3. The first kappa shape index (κ1) is 9.27. The molecule has 1 aliphatic rings. The van der Waals surface area contributed by atoms with Crippen molar-refractivity contribution in [2.75, 3.05) is 20.8 Å². The van der Waals surface area contributed by atoms with Crippen LogP contribution in [0.25, 0.3) is 0 Å². The summed E-state index contributed by atoms with van der Waals surface area (Å²) in [4.78, 5) is 4.09. The van der Waals surface area contributed by atoms with Gasteiger partial charge in [0.15, 0.2) is 0 Å². The van der Waals surface area contributed by atoms with Crippen LogP contribution in [0.4, 0.5) is 0 Å². The van der Waals surface area contributed by atoms with Crippen LogP contribution in [0.5, 0.6) is 11.6 Å². The maximum atomic E-state index is 5.24. The lowest BCUT2D eigenvalue weighted by Crippen LogP contribution is -2.35. The fourth-order valence-electron chi connectivity index (χ4n) is 1.55. The molecule has 1 unspecified atom stereocenters. The number of nitrogens with zero attached hydrogens (tertiary/aromatic N) is 1. The van der Waals surface area contributed by atoms with E-state index in [4.69, 9.17) is 9.47 Å². The Morgan fingerprint density at radius 2 is 2.21 bits per heavy atom. The number of nitrogens with one attached hydrogen (secondary N) is 1. The Bertz CT molecular complexity index is 324. The summed E-state index contributed by atoms with van der Waals surface area (Å²) in [5.74, 6) is 1.46. The molecule has 1 aliphatic heterocycles. The summed E-state index contributed by atoms with van der Waals surface area (Å²) in [6.45, 7) is 1.07. The molecule has 76 valence electrons. The van der Waals surface area contributed by atoms with Gasteiger partial charge in [0.25, 0.3) is 0 Å². The Morgan fingerprint density at radius 1 is 1.43 bits per heavy atom. The molecular weight excluding hydrogens is 180 g/mol. The highest BCUT2D eigenvalue weighted by Gasteiger charge is 2.22. The van der Waals surface area contributed by atoms with Crippen molar-refractivity contribution in [2.24, 2.45) is 0 Å². The van der Waals surface area contributed by atoms with E-state index in [0.717, 1.165) is 24.3 Å². The van der Waals surface area contributed by atoms with Gasteiger partial charge in [0.05, 0.1) is 20.4 Å². The molecule has 0 amide bonds. The van der Waals surface area contributed by atoms with E-state index in [-0.39, 0.29) is 0 Å². The first-order valence-corrected chi connectivity index (χ1v) is 4.66. The van der Waals surface area contributed by atoms with E-state index in [0.29, 0.717) is 11.9 Å². The molecule has 0 saturated carbocycles. The molecule has 0 radical (unpaired) electrons. The molecule has 0 spiro atoms. The van der Waals surface area contributed by atoms with Crippen LogP contribution in [-0.2, 0) is 0 Å². The van der Waals surface area contributed by atoms with E-state index < -0.39 is 0 Å². The van der Waals surface area contributed by atoms with Crippen molar-refractivity contribution in [3.8, 4) is 11.6 Å². The van der Waals surface area contributed by atoms with E-state index in [2.05, 4.69) is 10.3 Å². The molecule has 1 aromatic heterocycles. The second kappa shape index (κ2) is 3.84. The zero-order valence-corrected chi connectivity index (χ0v) is 8.41. The Kier molecular flexibility index (Phi) is 2.54. The van der Waals surface area contributed by atoms with E-state index >= 15 is 0 Å². The molecule has 4 heteroatoms. The molecule has 1 atom stereocenters. The normalized spacial score (nSPS) is 20.0. The lowest BCUT2D eigenvalue weighted by atomic mass is 9.98. The molecule has 2 heterocycles. The van der Waals surface area contributed by atoms with Crippen LogP contribution in [0.1, 0.15) is 18.0 Å². The van der Waals surface area contributed by atoms with Crippen LogP contribution in [-0.4, -0.2) is 25.7 Å².